The van der Waals surface area contributed by atoms with Gasteiger partial charge in [-0.25, -0.2) is 4.79 Å². The number of carbonyl (C=O) groups excluding carboxylic acids is 2. The lowest BCUT2D eigenvalue weighted by molar-refractivity contribution is -0.147. The van der Waals surface area contributed by atoms with Crippen LogP contribution in [0.5, 0.6) is 5.75 Å². The SMILES string of the molecule is COC(=O)C(C)Oc1ccc(Br)cc1C=O. The average Bonchev–Trinajstić information content (AvgIpc) is 2.30. The lowest BCUT2D eigenvalue weighted by atomic mass is 10.2. The van der Waals surface area contributed by atoms with Crippen molar-refractivity contribution in [2.45, 2.75) is 13.0 Å². The van der Waals surface area contributed by atoms with Gasteiger partial charge in [-0.15, -0.1) is 0 Å². The Bertz CT molecular complexity index is 403. The number of carbonyl (C=O) groups is 2. The lowest BCUT2D eigenvalue weighted by Crippen LogP contribution is -2.25. The molecule has 0 spiro atoms. The summed E-state index contributed by atoms with van der Waals surface area (Å²) in [5, 5.41) is 0. The first kappa shape index (κ1) is 12.7. The quantitative estimate of drug-likeness (QED) is 0.629. The molecule has 0 N–H and O–H groups in total. The summed E-state index contributed by atoms with van der Waals surface area (Å²) in [6, 6.07) is 4.96. The molecular formula is C11H11BrO4. The minimum Gasteiger partial charge on any atom is -0.478 e. The monoisotopic (exact) mass is 286 g/mol. The molecule has 4 nitrogen and oxygen atoms in total. The van der Waals surface area contributed by atoms with E-state index >= 15 is 0 Å². The Morgan fingerprint density at radius 3 is 2.75 bits per heavy atom. The van der Waals surface area contributed by atoms with E-state index in [1.807, 2.05) is 0 Å². The zero-order valence-corrected chi connectivity index (χ0v) is 10.5. The highest BCUT2D eigenvalue weighted by Crippen LogP contribution is 2.22. The fourth-order valence-corrected chi connectivity index (χ4v) is 1.50. The van der Waals surface area contributed by atoms with Crippen molar-refractivity contribution in [1.82, 2.24) is 0 Å². The van der Waals surface area contributed by atoms with Crippen LogP contribution in [0.4, 0.5) is 0 Å². The van der Waals surface area contributed by atoms with Crippen molar-refractivity contribution in [1.29, 1.82) is 0 Å². The number of hydrogen-bond acceptors (Lipinski definition) is 4. The second kappa shape index (κ2) is 5.65. The summed E-state index contributed by atoms with van der Waals surface area (Å²) in [5.41, 5.74) is 0.380. The van der Waals surface area contributed by atoms with Gasteiger partial charge in [0.15, 0.2) is 12.4 Å². The third-order valence-electron chi connectivity index (χ3n) is 1.94. The normalized spacial score (nSPS) is 11.7. The van der Waals surface area contributed by atoms with Gasteiger partial charge in [-0.05, 0) is 25.1 Å². The molecule has 86 valence electrons. The molecular weight excluding hydrogens is 276 g/mol. The van der Waals surface area contributed by atoms with E-state index in [2.05, 4.69) is 20.7 Å². The second-order valence-corrected chi connectivity index (χ2v) is 4.00. The standard InChI is InChI=1S/C11H11BrO4/c1-7(11(14)15-2)16-10-4-3-9(12)5-8(10)6-13/h3-7H,1-2H3. The zero-order valence-electron chi connectivity index (χ0n) is 8.90. The summed E-state index contributed by atoms with van der Waals surface area (Å²) in [4.78, 5) is 21.9. The highest BCUT2D eigenvalue weighted by atomic mass is 79.9. The van der Waals surface area contributed by atoms with E-state index in [9.17, 15) is 9.59 Å². The van der Waals surface area contributed by atoms with E-state index < -0.39 is 12.1 Å². The zero-order chi connectivity index (χ0) is 12.1. The highest BCUT2D eigenvalue weighted by molar-refractivity contribution is 9.10. The molecule has 0 aliphatic heterocycles. The van der Waals surface area contributed by atoms with Crippen LogP contribution in [0.25, 0.3) is 0 Å². The molecule has 1 atom stereocenters. The number of ether oxygens (including phenoxy) is 2. The van der Waals surface area contributed by atoms with Gasteiger partial charge in [-0.3, -0.25) is 4.79 Å². The van der Waals surface area contributed by atoms with Gasteiger partial charge in [0.2, 0.25) is 0 Å². The van der Waals surface area contributed by atoms with Gasteiger partial charge < -0.3 is 9.47 Å². The topological polar surface area (TPSA) is 52.6 Å². The van der Waals surface area contributed by atoms with Gasteiger partial charge in [0, 0.05) is 4.47 Å². The molecule has 0 aliphatic rings. The van der Waals surface area contributed by atoms with Gasteiger partial charge in [0.1, 0.15) is 5.75 Å². The third-order valence-corrected chi connectivity index (χ3v) is 2.43. The van der Waals surface area contributed by atoms with Crippen molar-refractivity contribution in [2.24, 2.45) is 0 Å². The minimum atomic E-state index is -0.745. The van der Waals surface area contributed by atoms with Crippen molar-refractivity contribution in [3.63, 3.8) is 0 Å². The van der Waals surface area contributed by atoms with Crippen LogP contribution in [0.15, 0.2) is 22.7 Å². The maximum Gasteiger partial charge on any atom is 0.346 e. The van der Waals surface area contributed by atoms with Crippen molar-refractivity contribution >= 4 is 28.2 Å². The largest absolute Gasteiger partial charge is 0.478 e. The summed E-state index contributed by atoms with van der Waals surface area (Å²) in [6.45, 7) is 1.56. The molecule has 0 aliphatic carbocycles. The number of methoxy groups -OCH3 is 1. The molecule has 0 radical (unpaired) electrons. The van der Waals surface area contributed by atoms with Crippen LogP contribution in [0.1, 0.15) is 17.3 Å². The molecule has 0 heterocycles. The van der Waals surface area contributed by atoms with E-state index in [-0.39, 0.29) is 0 Å². The molecule has 1 unspecified atom stereocenters. The fourth-order valence-electron chi connectivity index (χ4n) is 1.12. The van der Waals surface area contributed by atoms with Crippen LogP contribution in [0.2, 0.25) is 0 Å². The molecule has 0 saturated carbocycles. The summed E-state index contributed by atoms with van der Waals surface area (Å²) >= 11 is 3.24. The Morgan fingerprint density at radius 2 is 2.19 bits per heavy atom. The van der Waals surface area contributed by atoms with Crippen LogP contribution >= 0.6 is 15.9 Å². The third kappa shape index (κ3) is 3.06. The molecule has 0 aromatic heterocycles. The first-order valence-corrected chi connectivity index (χ1v) is 5.37. The van der Waals surface area contributed by atoms with E-state index in [1.54, 1.807) is 25.1 Å². The maximum atomic E-state index is 11.1. The molecule has 5 heteroatoms. The molecule has 0 fully saturated rings. The molecule has 16 heavy (non-hydrogen) atoms. The van der Waals surface area contributed by atoms with Crippen molar-refractivity contribution in [2.75, 3.05) is 7.11 Å². The average molecular weight is 287 g/mol. The Balaban J connectivity index is 2.88. The Hall–Kier alpha value is -1.36. The number of halogens is 1. The van der Waals surface area contributed by atoms with Crippen molar-refractivity contribution in [3.05, 3.63) is 28.2 Å². The molecule has 0 amide bonds. The van der Waals surface area contributed by atoms with Crippen LogP contribution in [-0.4, -0.2) is 25.5 Å². The van der Waals surface area contributed by atoms with Crippen LogP contribution < -0.4 is 4.74 Å². The van der Waals surface area contributed by atoms with Gasteiger partial charge >= 0.3 is 5.97 Å². The van der Waals surface area contributed by atoms with Crippen LogP contribution in [0.3, 0.4) is 0 Å². The molecule has 1 aromatic carbocycles. The number of hydrogen-bond donors (Lipinski definition) is 0. The second-order valence-electron chi connectivity index (χ2n) is 3.08. The highest BCUT2D eigenvalue weighted by Gasteiger charge is 2.16. The molecule has 0 bridgehead atoms. The summed E-state index contributed by atoms with van der Waals surface area (Å²) in [7, 11) is 1.28. The van der Waals surface area contributed by atoms with Crippen LogP contribution in [-0.2, 0) is 9.53 Å². The van der Waals surface area contributed by atoms with E-state index in [4.69, 9.17) is 4.74 Å². The van der Waals surface area contributed by atoms with Crippen LogP contribution in [0, 0.1) is 0 Å². The predicted molar refractivity (Wildman–Crippen MR) is 61.6 cm³/mol. The first-order chi connectivity index (χ1) is 7.58. The lowest BCUT2D eigenvalue weighted by Gasteiger charge is -2.13. The van der Waals surface area contributed by atoms with Gasteiger partial charge in [-0.1, -0.05) is 15.9 Å². The van der Waals surface area contributed by atoms with E-state index in [1.165, 1.54) is 7.11 Å². The maximum absolute atomic E-state index is 11.1. The van der Waals surface area contributed by atoms with Crippen molar-refractivity contribution < 1.29 is 19.1 Å². The first-order valence-electron chi connectivity index (χ1n) is 4.57. The smallest absolute Gasteiger partial charge is 0.346 e. The molecule has 1 aromatic rings. The Morgan fingerprint density at radius 1 is 1.50 bits per heavy atom. The summed E-state index contributed by atoms with van der Waals surface area (Å²) in [6.07, 6.45) is -0.0748. The summed E-state index contributed by atoms with van der Waals surface area (Å²) in [5.74, 6) is -0.129. The van der Waals surface area contributed by atoms with Gasteiger partial charge in [0.05, 0.1) is 12.7 Å². The summed E-state index contributed by atoms with van der Waals surface area (Å²) < 4.78 is 10.6. The molecule has 0 saturated heterocycles. The number of esters is 1. The fraction of sp³-hybridized carbons (Fsp3) is 0.273. The predicted octanol–water partition coefficient (Wildman–Crippen LogP) is 2.20. The van der Waals surface area contributed by atoms with Gasteiger partial charge in [-0.2, -0.15) is 0 Å². The Labute approximate surface area is 102 Å². The van der Waals surface area contributed by atoms with Crippen molar-refractivity contribution in [3.8, 4) is 5.75 Å². The van der Waals surface area contributed by atoms with E-state index in [0.717, 1.165) is 4.47 Å². The van der Waals surface area contributed by atoms with Gasteiger partial charge in [0.25, 0.3) is 0 Å². The Kier molecular flexibility index (Phi) is 4.49. The number of benzene rings is 1. The molecule has 1 rings (SSSR count). The number of rotatable bonds is 4. The minimum absolute atomic E-state index is 0.358. The van der Waals surface area contributed by atoms with E-state index in [0.29, 0.717) is 17.6 Å². The number of aldehydes is 1.